The lowest BCUT2D eigenvalue weighted by Gasteiger charge is -2.37. The highest BCUT2D eigenvalue weighted by atomic mass is 16.7. The monoisotopic (exact) mass is 461 g/mol. The SMILES string of the molecule is O=C1c2ccccc2C(=O)C2C1N=NN2CCCN1CCN(c2ccc3c(c2)COCO3)CC1. The molecule has 9 nitrogen and oxygen atoms in total. The van der Waals surface area contributed by atoms with Crippen LogP contribution in [-0.2, 0) is 11.3 Å². The Morgan fingerprint density at radius 1 is 0.941 bits per heavy atom. The third kappa shape index (κ3) is 3.74. The van der Waals surface area contributed by atoms with E-state index in [9.17, 15) is 9.59 Å². The normalized spacial score (nSPS) is 24.0. The quantitative estimate of drug-likeness (QED) is 0.676. The van der Waals surface area contributed by atoms with E-state index in [0.29, 0.717) is 31.1 Å². The van der Waals surface area contributed by atoms with Crippen LogP contribution in [0.5, 0.6) is 5.75 Å². The predicted molar refractivity (Wildman–Crippen MR) is 124 cm³/mol. The van der Waals surface area contributed by atoms with E-state index in [4.69, 9.17) is 9.47 Å². The molecule has 2 atom stereocenters. The van der Waals surface area contributed by atoms with Gasteiger partial charge in [0.15, 0.2) is 24.4 Å². The highest BCUT2D eigenvalue weighted by Gasteiger charge is 2.48. The Balaban J connectivity index is 1.01. The van der Waals surface area contributed by atoms with E-state index < -0.39 is 12.1 Å². The number of Topliss-reactive ketones (excluding diaryl/α,β-unsaturated/α-hetero) is 2. The number of ether oxygens (including phenoxy) is 2. The van der Waals surface area contributed by atoms with Crippen LogP contribution in [0.15, 0.2) is 52.8 Å². The Morgan fingerprint density at radius 2 is 1.74 bits per heavy atom. The van der Waals surface area contributed by atoms with Crippen LogP contribution in [0.25, 0.3) is 0 Å². The number of piperazine rings is 1. The predicted octanol–water partition coefficient (Wildman–Crippen LogP) is 2.56. The summed E-state index contributed by atoms with van der Waals surface area (Å²) in [6.45, 7) is 6.31. The molecule has 34 heavy (non-hydrogen) atoms. The fraction of sp³-hybridized carbons (Fsp3) is 0.440. The van der Waals surface area contributed by atoms with Gasteiger partial charge in [-0.3, -0.25) is 19.5 Å². The maximum atomic E-state index is 13.0. The van der Waals surface area contributed by atoms with Gasteiger partial charge in [0, 0.05) is 61.6 Å². The summed E-state index contributed by atoms with van der Waals surface area (Å²) in [5.74, 6) is 0.749. The van der Waals surface area contributed by atoms with Crippen LogP contribution < -0.4 is 9.64 Å². The van der Waals surface area contributed by atoms with Crippen molar-refractivity contribution in [3.8, 4) is 5.75 Å². The number of anilines is 1. The smallest absolute Gasteiger partial charge is 0.192 e. The van der Waals surface area contributed by atoms with Crippen molar-refractivity contribution >= 4 is 17.3 Å². The molecule has 2 aromatic carbocycles. The molecule has 6 rings (SSSR count). The van der Waals surface area contributed by atoms with E-state index in [2.05, 4.69) is 32.3 Å². The molecule has 0 spiro atoms. The molecule has 1 saturated heterocycles. The topological polar surface area (TPSA) is 87.0 Å². The van der Waals surface area contributed by atoms with Crippen LogP contribution >= 0.6 is 0 Å². The summed E-state index contributed by atoms with van der Waals surface area (Å²) < 4.78 is 10.9. The summed E-state index contributed by atoms with van der Waals surface area (Å²) in [6.07, 6.45) is 0.860. The largest absolute Gasteiger partial charge is 0.467 e. The van der Waals surface area contributed by atoms with E-state index in [1.807, 2.05) is 6.07 Å². The highest BCUT2D eigenvalue weighted by molar-refractivity contribution is 6.19. The van der Waals surface area contributed by atoms with Crippen LogP contribution in [0.1, 0.15) is 32.7 Å². The molecule has 0 amide bonds. The summed E-state index contributed by atoms with van der Waals surface area (Å²) >= 11 is 0. The number of benzene rings is 2. The van der Waals surface area contributed by atoms with Crippen molar-refractivity contribution in [3.05, 3.63) is 59.2 Å². The minimum absolute atomic E-state index is 0.0559. The molecule has 1 aliphatic carbocycles. The van der Waals surface area contributed by atoms with Gasteiger partial charge in [0.2, 0.25) is 0 Å². The number of fused-ring (bicyclic) bond motifs is 3. The van der Waals surface area contributed by atoms with Crippen molar-refractivity contribution in [1.82, 2.24) is 9.91 Å². The zero-order valence-corrected chi connectivity index (χ0v) is 18.9. The third-order valence-electron chi connectivity index (χ3n) is 7.10. The second kappa shape index (κ2) is 8.81. The van der Waals surface area contributed by atoms with Crippen LogP contribution in [-0.4, -0.2) is 79.6 Å². The fourth-order valence-electron chi connectivity index (χ4n) is 5.25. The van der Waals surface area contributed by atoms with Gasteiger partial charge in [0.1, 0.15) is 11.8 Å². The number of rotatable bonds is 5. The molecule has 3 aliphatic heterocycles. The molecule has 9 heteroatoms. The first kappa shape index (κ1) is 21.2. The van der Waals surface area contributed by atoms with E-state index in [0.717, 1.165) is 50.5 Å². The summed E-state index contributed by atoms with van der Waals surface area (Å²) in [4.78, 5) is 30.6. The summed E-state index contributed by atoms with van der Waals surface area (Å²) in [6, 6.07) is 12.0. The van der Waals surface area contributed by atoms with E-state index >= 15 is 0 Å². The van der Waals surface area contributed by atoms with Gasteiger partial charge < -0.3 is 14.4 Å². The average Bonchev–Trinajstić information content (AvgIpc) is 3.32. The first-order valence-corrected chi connectivity index (χ1v) is 11.8. The number of carbonyl (C=O) groups is 2. The Labute approximate surface area is 197 Å². The molecule has 2 unspecified atom stereocenters. The number of nitrogens with zero attached hydrogens (tertiary/aromatic N) is 5. The Bertz CT molecular complexity index is 1140. The second-order valence-corrected chi connectivity index (χ2v) is 9.12. The molecular weight excluding hydrogens is 434 g/mol. The van der Waals surface area contributed by atoms with Crippen molar-refractivity contribution < 1.29 is 19.1 Å². The van der Waals surface area contributed by atoms with E-state index in [1.165, 1.54) is 5.69 Å². The van der Waals surface area contributed by atoms with Gasteiger partial charge in [-0.15, -0.1) is 0 Å². The molecule has 0 aromatic heterocycles. The number of ketones is 2. The van der Waals surface area contributed by atoms with Gasteiger partial charge in [-0.05, 0) is 24.6 Å². The first-order valence-electron chi connectivity index (χ1n) is 11.8. The zero-order valence-electron chi connectivity index (χ0n) is 18.9. The van der Waals surface area contributed by atoms with Gasteiger partial charge in [-0.1, -0.05) is 29.5 Å². The lowest BCUT2D eigenvalue weighted by molar-refractivity contribution is -0.0163. The first-order chi connectivity index (χ1) is 16.7. The molecule has 3 heterocycles. The fourth-order valence-corrected chi connectivity index (χ4v) is 5.25. The average molecular weight is 462 g/mol. The Kier molecular flexibility index (Phi) is 5.50. The lowest BCUT2D eigenvalue weighted by atomic mass is 9.83. The number of carbonyl (C=O) groups excluding carboxylic acids is 2. The maximum Gasteiger partial charge on any atom is 0.192 e. The van der Waals surface area contributed by atoms with Gasteiger partial charge in [0.05, 0.1) is 6.61 Å². The van der Waals surface area contributed by atoms with Crippen LogP contribution in [0.4, 0.5) is 5.69 Å². The summed E-state index contributed by atoms with van der Waals surface area (Å²) in [7, 11) is 0. The van der Waals surface area contributed by atoms with Crippen molar-refractivity contribution in [1.29, 1.82) is 0 Å². The van der Waals surface area contributed by atoms with Gasteiger partial charge >= 0.3 is 0 Å². The third-order valence-corrected chi connectivity index (χ3v) is 7.10. The molecular formula is C25H27N5O4. The molecule has 0 saturated carbocycles. The van der Waals surface area contributed by atoms with Gasteiger partial charge in [0.25, 0.3) is 0 Å². The van der Waals surface area contributed by atoms with Crippen molar-refractivity contribution in [2.24, 2.45) is 10.3 Å². The molecule has 0 bridgehead atoms. The standard InChI is InChI=1S/C25H27N5O4/c31-24-19-4-1-2-5-20(19)25(32)23-22(24)26-27-30(23)9-3-8-28-10-12-29(13-11-28)18-6-7-21-17(14-18)15-33-16-34-21/h1-2,4-7,14,22-23H,3,8-13,15-16H2. The molecule has 4 aliphatic rings. The second-order valence-electron chi connectivity index (χ2n) is 9.12. The minimum atomic E-state index is -0.710. The van der Waals surface area contributed by atoms with Crippen LogP contribution in [0, 0.1) is 0 Å². The molecule has 0 N–H and O–H groups in total. The molecule has 1 fully saturated rings. The van der Waals surface area contributed by atoms with Crippen molar-refractivity contribution in [2.45, 2.75) is 25.1 Å². The zero-order chi connectivity index (χ0) is 23.1. The maximum absolute atomic E-state index is 13.0. The minimum Gasteiger partial charge on any atom is -0.467 e. The van der Waals surface area contributed by atoms with Gasteiger partial charge in [-0.2, -0.15) is 5.11 Å². The Hall–Kier alpha value is -3.30. The number of hydrogen-bond donors (Lipinski definition) is 0. The molecule has 0 radical (unpaired) electrons. The molecule has 176 valence electrons. The van der Waals surface area contributed by atoms with E-state index in [-0.39, 0.29) is 11.6 Å². The van der Waals surface area contributed by atoms with Crippen LogP contribution in [0.3, 0.4) is 0 Å². The summed E-state index contributed by atoms with van der Waals surface area (Å²) in [5, 5.41) is 10.1. The summed E-state index contributed by atoms with van der Waals surface area (Å²) in [5.41, 5.74) is 3.26. The van der Waals surface area contributed by atoms with Gasteiger partial charge in [-0.25, -0.2) is 0 Å². The number of hydrogen-bond acceptors (Lipinski definition) is 9. The van der Waals surface area contributed by atoms with Crippen LogP contribution in [0.2, 0.25) is 0 Å². The molecule has 2 aromatic rings. The Morgan fingerprint density at radius 3 is 2.56 bits per heavy atom. The van der Waals surface area contributed by atoms with E-state index in [1.54, 1.807) is 29.3 Å². The lowest BCUT2D eigenvalue weighted by Crippen LogP contribution is -2.50. The highest BCUT2D eigenvalue weighted by Crippen LogP contribution is 2.32. The van der Waals surface area contributed by atoms with Crippen molar-refractivity contribution in [3.63, 3.8) is 0 Å². The van der Waals surface area contributed by atoms with Crippen molar-refractivity contribution in [2.75, 3.05) is 51.0 Å².